The number of sulfonamides is 1. The van der Waals surface area contributed by atoms with Gasteiger partial charge in [0.1, 0.15) is 17.3 Å². The molecule has 0 saturated carbocycles. The van der Waals surface area contributed by atoms with Gasteiger partial charge in [-0.15, -0.1) is 12.4 Å². The number of urea groups is 1. The van der Waals surface area contributed by atoms with E-state index in [1.165, 1.54) is 12.1 Å². The summed E-state index contributed by atoms with van der Waals surface area (Å²) in [6.45, 7) is 3.41. The van der Waals surface area contributed by atoms with Gasteiger partial charge in [-0.25, -0.2) is 17.6 Å². The Kier molecular flexibility index (Phi) is 11.8. The highest BCUT2D eigenvalue weighted by atomic mass is 35.5. The molecule has 1 fully saturated rings. The first-order valence-electron chi connectivity index (χ1n) is 13.1. The number of ether oxygens (including phenoxy) is 2. The molecule has 0 spiro atoms. The van der Waals surface area contributed by atoms with Crippen molar-refractivity contribution in [2.45, 2.75) is 25.4 Å². The van der Waals surface area contributed by atoms with Crippen LogP contribution in [-0.4, -0.2) is 69.9 Å². The maximum absolute atomic E-state index is 13.2. The average molecular weight is 607 g/mol. The van der Waals surface area contributed by atoms with E-state index in [1.807, 2.05) is 29.2 Å². The van der Waals surface area contributed by atoms with Crippen LogP contribution < -0.4 is 14.8 Å². The molecule has 0 bridgehead atoms. The molecule has 1 saturated heterocycles. The third-order valence-corrected chi connectivity index (χ3v) is 7.22. The number of nitrogens with zero attached hydrogens (tertiary/aromatic N) is 2. The van der Waals surface area contributed by atoms with Crippen molar-refractivity contribution in [2.24, 2.45) is 0 Å². The number of piperidine rings is 1. The number of carbonyl (C=O) groups is 1. The molecule has 9 nitrogen and oxygen atoms in total. The third-order valence-electron chi connectivity index (χ3n) is 6.61. The molecule has 12 heteroatoms. The summed E-state index contributed by atoms with van der Waals surface area (Å²) >= 11 is 0. The van der Waals surface area contributed by atoms with E-state index in [1.54, 1.807) is 43.5 Å². The number of rotatable bonds is 11. The van der Waals surface area contributed by atoms with Gasteiger partial charge in [-0.2, -0.15) is 0 Å². The molecular formula is C29H36ClFN4O5S. The van der Waals surface area contributed by atoms with E-state index in [0.29, 0.717) is 36.0 Å². The number of likely N-dealkylation sites (tertiary alicyclic amines) is 1. The molecule has 0 aliphatic carbocycles. The fourth-order valence-electron chi connectivity index (χ4n) is 4.62. The minimum Gasteiger partial charge on any atom is -0.457 e. The van der Waals surface area contributed by atoms with Crippen molar-refractivity contribution in [1.82, 2.24) is 9.80 Å². The molecule has 0 radical (unpaired) electrons. The van der Waals surface area contributed by atoms with Gasteiger partial charge >= 0.3 is 6.03 Å². The number of benzene rings is 3. The van der Waals surface area contributed by atoms with Crippen molar-refractivity contribution in [2.75, 3.05) is 49.6 Å². The van der Waals surface area contributed by atoms with Crippen LogP contribution in [0.15, 0.2) is 72.8 Å². The Bertz CT molecular complexity index is 1350. The van der Waals surface area contributed by atoms with Crippen LogP contribution in [-0.2, 0) is 21.3 Å². The minimum absolute atomic E-state index is 0. The molecule has 2 amide bonds. The van der Waals surface area contributed by atoms with Gasteiger partial charge in [0.25, 0.3) is 0 Å². The van der Waals surface area contributed by atoms with Gasteiger partial charge in [0, 0.05) is 50.7 Å². The first-order chi connectivity index (χ1) is 19.2. The summed E-state index contributed by atoms with van der Waals surface area (Å²) in [4.78, 5) is 17.2. The van der Waals surface area contributed by atoms with E-state index >= 15 is 0 Å². The Labute approximate surface area is 247 Å². The predicted molar refractivity (Wildman–Crippen MR) is 161 cm³/mol. The zero-order chi connectivity index (χ0) is 28.5. The highest BCUT2D eigenvalue weighted by Gasteiger charge is 2.28. The highest BCUT2D eigenvalue weighted by Crippen LogP contribution is 2.25. The summed E-state index contributed by atoms with van der Waals surface area (Å²) < 4.78 is 49.5. The van der Waals surface area contributed by atoms with Gasteiger partial charge in [-0.1, -0.05) is 12.1 Å². The van der Waals surface area contributed by atoms with E-state index in [9.17, 15) is 17.6 Å². The van der Waals surface area contributed by atoms with Crippen LogP contribution >= 0.6 is 12.4 Å². The normalized spacial score (nSPS) is 14.1. The van der Waals surface area contributed by atoms with Crippen molar-refractivity contribution in [3.05, 3.63) is 84.2 Å². The number of hydrogen-bond donors (Lipinski definition) is 2. The number of carbonyl (C=O) groups excluding carboxylic acids is 1. The first kappa shape index (κ1) is 32.1. The molecule has 222 valence electrons. The smallest absolute Gasteiger partial charge is 0.322 e. The van der Waals surface area contributed by atoms with Crippen LogP contribution in [0.5, 0.6) is 11.5 Å². The van der Waals surface area contributed by atoms with Crippen LogP contribution in [0.2, 0.25) is 0 Å². The van der Waals surface area contributed by atoms with E-state index in [4.69, 9.17) is 9.47 Å². The standard InChI is InChI=1S/C29H35FN4O5S.ClH/c1-38-20-19-34(29(35)31-24-7-5-23(30)6-8-24)26-15-17-33(18-16-26)21-22-3-11-27(12-4-22)39-28-13-9-25(10-14-28)32-40(2,36)37;/h3-14,26,32H,15-21H2,1-2H3,(H,31,35);1H. The summed E-state index contributed by atoms with van der Waals surface area (Å²) in [5.74, 6) is 0.947. The van der Waals surface area contributed by atoms with Crippen LogP contribution in [0.25, 0.3) is 0 Å². The molecule has 0 aromatic heterocycles. The third kappa shape index (κ3) is 10.2. The van der Waals surface area contributed by atoms with Crippen molar-refractivity contribution in [3.8, 4) is 11.5 Å². The molecule has 0 atom stereocenters. The van der Waals surface area contributed by atoms with Gasteiger partial charge in [0.15, 0.2) is 0 Å². The molecule has 41 heavy (non-hydrogen) atoms. The fraction of sp³-hybridized carbons (Fsp3) is 0.345. The second kappa shape index (κ2) is 15.0. The predicted octanol–water partition coefficient (Wildman–Crippen LogP) is 5.56. The fourth-order valence-corrected chi connectivity index (χ4v) is 5.18. The van der Waals surface area contributed by atoms with Gasteiger partial charge < -0.3 is 19.7 Å². The Morgan fingerprint density at radius 2 is 1.51 bits per heavy atom. The van der Waals surface area contributed by atoms with Crippen LogP contribution in [0, 0.1) is 5.82 Å². The summed E-state index contributed by atoms with van der Waals surface area (Å²) in [5, 5.41) is 2.87. The lowest BCUT2D eigenvalue weighted by Gasteiger charge is -2.38. The highest BCUT2D eigenvalue weighted by molar-refractivity contribution is 7.92. The van der Waals surface area contributed by atoms with E-state index in [0.717, 1.165) is 44.3 Å². The van der Waals surface area contributed by atoms with Crippen molar-refractivity contribution in [3.63, 3.8) is 0 Å². The Hall–Kier alpha value is -3.38. The number of nitrogens with one attached hydrogen (secondary N) is 2. The molecule has 3 aromatic rings. The van der Waals surface area contributed by atoms with E-state index in [-0.39, 0.29) is 30.3 Å². The summed E-state index contributed by atoms with van der Waals surface area (Å²) in [6, 6.07) is 20.2. The molecular weight excluding hydrogens is 571 g/mol. The lowest BCUT2D eigenvalue weighted by atomic mass is 10.0. The number of hydrogen-bond acceptors (Lipinski definition) is 6. The molecule has 4 rings (SSSR count). The first-order valence-corrected chi connectivity index (χ1v) is 15.0. The van der Waals surface area contributed by atoms with Crippen molar-refractivity contribution in [1.29, 1.82) is 0 Å². The largest absolute Gasteiger partial charge is 0.457 e. The Morgan fingerprint density at radius 3 is 2.07 bits per heavy atom. The maximum Gasteiger partial charge on any atom is 0.322 e. The van der Waals surface area contributed by atoms with Crippen molar-refractivity contribution < 1.29 is 27.1 Å². The SMILES string of the molecule is COCCN(C(=O)Nc1ccc(F)cc1)C1CCN(Cc2ccc(Oc3ccc(NS(C)(=O)=O)cc3)cc2)CC1.Cl. The maximum atomic E-state index is 13.2. The van der Waals surface area contributed by atoms with Gasteiger partial charge in [0.05, 0.1) is 12.9 Å². The van der Waals surface area contributed by atoms with Gasteiger partial charge in [-0.3, -0.25) is 9.62 Å². The second-order valence-corrected chi connectivity index (χ2v) is 11.5. The van der Waals surface area contributed by atoms with E-state index < -0.39 is 10.0 Å². The number of amides is 2. The zero-order valence-electron chi connectivity index (χ0n) is 23.1. The number of methoxy groups -OCH3 is 1. The summed E-state index contributed by atoms with van der Waals surface area (Å²) in [6.07, 6.45) is 2.78. The van der Waals surface area contributed by atoms with Gasteiger partial charge in [0.2, 0.25) is 10.0 Å². The average Bonchev–Trinajstić information content (AvgIpc) is 2.92. The molecule has 0 unspecified atom stereocenters. The minimum atomic E-state index is -3.32. The molecule has 3 aromatic carbocycles. The molecule has 2 N–H and O–H groups in total. The second-order valence-electron chi connectivity index (χ2n) is 9.78. The van der Waals surface area contributed by atoms with Crippen LogP contribution in [0.3, 0.4) is 0 Å². The Morgan fingerprint density at radius 1 is 0.951 bits per heavy atom. The number of halogens is 2. The van der Waals surface area contributed by atoms with Crippen LogP contribution in [0.1, 0.15) is 18.4 Å². The van der Waals surface area contributed by atoms with Gasteiger partial charge in [-0.05, 0) is 79.1 Å². The summed E-state index contributed by atoms with van der Waals surface area (Å²) in [7, 11) is -1.71. The van der Waals surface area contributed by atoms with Crippen molar-refractivity contribution >= 4 is 39.8 Å². The van der Waals surface area contributed by atoms with E-state index in [2.05, 4.69) is 14.9 Å². The molecule has 1 aliphatic rings. The zero-order valence-corrected chi connectivity index (χ0v) is 24.7. The monoisotopic (exact) mass is 606 g/mol. The van der Waals surface area contributed by atoms with Crippen LogP contribution in [0.4, 0.5) is 20.6 Å². The summed E-state index contributed by atoms with van der Waals surface area (Å²) in [5.41, 5.74) is 2.19. The molecule has 1 aliphatic heterocycles. The lowest BCUT2D eigenvalue weighted by Crippen LogP contribution is -2.49. The quantitative estimate of drug-likeness (QED) is 0.297. The topological polar surface area (TPSA) is 100 Å². The Balaban J connectivity index is 0.00000462. The molecule has 1 heterocycles. The number of anilines is 2. The lowest BCUT2D eigenvalue weighted by molar-refractivity contribution is 0.0984.